The summed E-state index contributed by atoms with van der Waals surface area (Å²) >= 11 is 0. The number of aliphatic hydroxyl groups is 1. The van der Waals surface area contributed by atoms with Crippen molar-refractivity contribution >= 4 is 5.69 Å². The van der Waals surface area contributed by atoms with E-state index in [-0.39, 0.29) is 6.10 Å². The Balaban J connectivity index is 2.02. The van der Waals surface area contributed by atoms with Crippen molar-refractivity contribution in [2.24, 2.45) is 5.92 Å². The third-order valence-electron chi connectivity index (χ3n) is 3.14. The van der Waals surface area contributed by atoms with Gasteiger partial charge in [-0.2, -0.15) is 0 Å². The van der Waals surface area contributed by atoms with E-state index in [0.29, 0.717) is 11.6 Å². The third kappa shape index (κ3) is 1.90. The molecule has 14 heavy (non-hydrogen) atoms. The van der Waals surface area contributed by atoms with E-state index in [9.17, 15) is 5.11 Å². The molecule has 1 atom stereocenters. The fourth-order valence-corrected chi connectivity index (χ4v) is 1.99. The Bertz CT molecular complexity index is 307. The lowest BCUT2D eigenvalue weighted by molar-refractivity contribution is 0.119. The second-order valence-electron chi connectivity index (χ2n) is 4.18. The number of hydrogen-bond donors (Lipinski definition) is 2. The molecule has 0 bridgehead atoms. The number of nitrogen functional groups attached to an aromatic ring is 1. The second kappa shape index (κ2) is 4.01. The van der Waals surface area contributed by atoms with E-state index >= 15 is 0 Å². The summed E-state index contributed by atoms with van der Waals surface area (Å²) in [5.41, 5.74) is 7.39. The summed E-state index contributed by atoms with van der Waals surface area (Å²) in [6, 6.07) is 7.59. The number of para-hydroxylation sites is 1. The first-order valence-electron chi connectivity index (χ1n) is 5.30. The van der Waals surface area contributed by atoms with Gasteiger partial charge in [0.15, 0.2) is 0 Å². The highest BCUT2D eigenvalue weighted by molar-refractivity contribution is 5.47. The molecule has 1 aromatic rings. The van der Waals surface area contributed by atoms with Crippen LogP contribution in [0.1, 0.15) is 37.4 Å². The van der Waals surface area contributed by atoms with Gasteiger partial charge < -0.3 is 10.8 Å². The highest BCUT2D eigenvalue weighted by atomic mass is 16.3. The Labute approximate surface area is 84.7 Å². The molecule has 76 valence electrons. The molecule has 2 rings (SSSR count). The number of nitrogens with two attached hydrogens (primary N) is 1. The van der Waals surface area contributed by atoms with Crippen molar-refractivity contribution in [3.63, 3.8) is 0 Å². The van der Waals surface area contributed by atoms with Crippen LogP contribution in [-0.4, -0.2) is 5.11 Å². The van der Waals surface area contributed by atoms with Crippen molar-refractivity contribution in [1.82, 2.24) is 0 Å². The molecule has 1 unspecified atom stereocenters. The van der Waals surface area contributed by atoms with E-state index in [0.717, 1.165) is 12.0 Å². The first-order chi connectivity index (χ1) is 6.77. The van der Waals surface area contributed by atoms with Crippen molar-refractivity contribution in [1.29, 1.82) is 0 Å². The van der Waals surface area contributed by atoms with E-state index < -0.39 is 0 Å². The van der Waals surface area contributed by atoms with E-state index in [1.54, 1.807) is 0 Å². The molecular weight excluding hydrogens is 174 g/mol. The van der Waals surface area contributed by atoms with E-state index in [4.69, 9.17) is 5.73 Å². The van der Waals surface area contributed by atoms with Crippen LogP contribution in [0.15, 0.2) is 24.3 Å². The molecule has 0 radical (unpaired) electrons. The second-order valence-corrected chi connectivity index (χ2v) is 4.18. The third-order valence-corrected chi connectivity index (χ3v) is 3.14. The van der Waals surface area contributed by atoms with E-state index in [1.165, 1.54) is 19.3 Å². The first-order valence-corrected chi connectivity index (χ1v) is 5.30. The maximum atomic E-state index is 9.96. The number of aliphatic hydroxyl groups excluding tert-OH is 1. The van der Waals surface area contributed by atoms with Gasteiger partial charge in [-0.3, -0.25) is 0 Å². The minimum Gasteiger partial charge on any atom is -0.398 e. The van der Waals surface area contributed by atoms with Crippen molar-refractivity contribution in [3.8, 4) is 0 Å². The fraction of sp³-hybridized carbons (Fsp3) is 0.500. The summed E-state index contributed by atoms with van der Waals surface area (Å²) in [6.07, 6.45) is 4.35. The van der Waals surface area contributed by atoms with E-state index in [1.807, 2.05) is 24.3 Å². The molecule has 0 aliphatic heterocycles. The van der Waals surface area contributed by atoms with Gasteiger partial charge in [0.2, 0.25) is 0 Å². The normalized spacial score (nSPS) is 18.9. The maximum absolute atomic E-state index is 9.96. The van der Waals surface area contributed by atoms with Crippen molar-refractivity contribution in [2.45, 2.75) is 31.8 Å². The van der Waals surface area contributed by atoms with Crippen molar-refractivity contribution in [2.75, 3.05) is 5.73 Å². The molecule has 1 aliphatic rings. The molecular formula is C12H17NO. The number of benzene rings is 1. The number of hydrogen-bond acceptors (Lipinski definition) is 2. The Morgan fingerprint density at radius 2 is 2.07 bits per heavy atom. The number of anilines is 1. The lowest BCUT2D eigenvalue weighted by Crippen LogP contribution is -2.15. The van der Waals surface area contributed by atoms with Crippen LogP contribution in [0.4, 0.5) is 5.69 Å². The van der Waals surface area contributed by atoms with Gasteiger partial charge in [-0.1, -0.05) is 37.5 Å². The highest BCUT2D eigenvalue weighted by Gasteiger charge is 2.22. The quantitative estimate of drug-likeness (QED) is 0.721. The number of rotatable bonds is 3. The maximum Gasteiger partial charge on any atom is 0.0812 e. The van der Waals surface area contributed by atoms with Gasteiger partial charge in [0.05, 0.1) is 6.10 Å². The van der Waals surface area contributed by atoms with Crippen LogP contribution < -0.4 is 5.73 Å². The predicted octanol–water partition coefficient (Wildman–Crippen LogP) is 2.49. The topological polar surface area (TPSA) is 46.2 Å². The van der Waals surface area contributed by atoms with Crippen LogP contribution >= 0.6 is 0 Å². The molecule has 2 nitrogen and oxygen atoms in total. The lowest BCUT2D eigenvalue weighted by Gasteiger charge is -2.28. The molecule has 1 aliphatic carbocycles. The largest absolute Gasteiger partial charge is 0.398 e. The van der Waals surface area contributed by atoms with Crippen molar-refractivity contribution < 1.29 is 5.11 Å². The molecule has 0 heterocycles. The molecule has 0 aromatic heterocycles. The summed E-state index contributed by atoms with van der Waals surface area (Å²) in [7, 11) is 0. The van der Waals surface area contributed by atoms with Crippen LogP contribution in [0.3, 0.4) is 0 Å². The lowest BCUT2D eigenvalue weighted by atomic mass is 9.80. The molecule has 0 spiro atoms. The fourth-order valence-electron chi connectivity index (χ4n) is 1.99. The Hall–Kier alpha value is -1.02. The van der Waals surface area contributed by atoms with Gasteiger partial charge in [-0.25, -0.2) is 0 Å². The zero-order valence-electron chi connectivity index (χ0n) is 8.32. The van der Waals surface area contributed by atoms with Crippen LogP contribution in [0.5, 0.6) is 0 Å². The van der Waals surface area contributed by atoms with E-state index in [2.05, 4.69) is 0 Å². The molecule has 1 saturated carbocycles. The van der Waals surface area contributed by atoms with Crippen molar-refractivity contribution in [3.05, 3.63) is 29.8 Å². The highest BCUT2D eigenvalue weighted by Crippen LogP contribution is 2.35. The summed E-state index contributed by atoms with van der Waals surface area (Å²) in [5, 5.41) is 9.96. The van der Waals surface area contributed by atoms with Crippen LogP contribution in [0.2, 0.25) is 0 Å². The minimum absolute atomic E-state index is 0.374. The van der Waals surface area contributed by atoms with Gasteiger partial charge in [0.25, 0.3) is 0 Å². The smallest absolute Gasteiger partial charge is 0.0812 e. The monoisotopic (exact) mass is 191 g/mol. The zero-order valence-corrected chi connectivity index (χ0v) is 8.32. The first kappa shape index (κ1) is 9.53. The zero-order chi connectivity index (χ0) is 9.97. The average molecular weight is 191 g/mol. The Morgan fingerprint density at radius 1 is 1.36 bits per heavy atom. The molecule has 1 fully saturated rings. The summed E-state index contributed by atoms with van der Waals surface area (Å²) in [6.45, 7) is 0. The van der Waals surface area contributed by atoms with Crippen LogP contribution in [0, 0.1) is 5.92 Å². The minimum atomic E-state index is -0.374. The van der Waals surface area contributed by atoms with Crippen LogP contribution in [-0.2, 0) is 0 Å². The predicted molar refractivity (Wildman–Crippen MR) is 57.8 cm³/mol. The van der Waals surface area contributed by atoms with Gasteiger partial charge in [0, 0.05) is 11.3 Å². The van der Waals surface area contributed by atoms with Gasteiger partial charge in [0.1, 0.15) is 0 Å². The molecule has 0 amide bonds. The van der Waals surface area contributed by atoms with Crippen LogP contribution in [0.25, 0.3) is 0 Å². The van der Waals surface area contributed by atoms with Gasteiger partial charge >= 0.3 is 0 Å². The summed E-state index contributed by atoms with van der Waals surface area (Å²) in [4.78, 5) is 0. The Kier molecular flexibility index (Phi) is 2.73. The molecule has 3 N–H and O–H groups in total. The molecule has 0 saturated heterocycles. The average Bonchev–Trinajstić information content (AvgIpc) is 2.12. The standard InChI is InChI=1S/C12H17NO/c13-11-7-2-1-6-10(11)12(14)8-9-4-3-5-9/h1-2,6-7,9,12,14H,3-5,8,13H2. The molecule has 1 aromatic carbocycles. The van der Waals surface area contributed by atoms with Gasteiger partial charge in [-0.15, -0.1) is 0 Å². The summed E-state index contributed by atoms with van der Waals surface area (Å²) < 4.78 is 0. The Morgan fingerprint density at radius 3 is 2.64 bits per heavy atom. The van der Waals surface area contributed by atoms with Gasteiger partial charge in [-0.05, 0) is 18.4 Å². The molecule has 2 heteroatoms. The SMILES string of the molecule is Nc1ccccc1C(O)CC1CCC1. The summed E-state index contributed by atoms with van der Waals surface area (Å²) in [5.74, 6) is 0.713.